The van der Waals surface area contributed by atoms with E-state index in [-0.39, 0.29) is 5.91 Å². The standard InChI is InChI=1S/C20H23N3O/c1-14-7-6-10-18(21-14)20(24)23-12-16-11-22(2)19(17(16)13-23)15-8-4-3-5-9-15/h3-10,16-17,19H,11-13H2,1-2H3/t16-,17+,19-/m0/s1. The van der Waals surface area contributed by atoms with Crippen molar-refractivity contribution >= 4 is 5.91 Å². The molecule has 0 aliphatic carbocycles. The Balaban J connectivity index is 1.55. The second kappa shape index (κ2) is 6.02. The number of rotatable bonds is 2. The molecule has 1 aromatic heterocycles. The number of amides is 1. The minimum absolute atomic E-state index is 0.0718. The van der Waals surface area contributed by atoms with Crippen LogP contribution in [0, 0.1) is 18.8 Å². The Morgan fingerprint density at radius 1 is 1.04 bits per heavy atom. The average Bonchev–Trinajstić information content (AvgIpc) is 3.11. The van der Waals surface area contributed by atoms with Gasteiger partial charge in [-0.15, -0.1) is 0 Å². The molecule has 124 valence electrons. The number of carbonyl (C=O) groups excluding carboxylic acids is 1. The Labute approximate surface area is 143 Å². The summed E-state index contributed by atoms with van der Waals surface area (Å²) in [5.41, 5.74) is 2.82. The topological polar surface area (TPSA) is 36.4 Å². The van der Waals surface area contributed by atoms with Gasteiger partial charge in [0, 0.05) is 37.3 Å². The molecule has 4 nitrogen and oxygen atoms in total. The van der Waals surface area contributed by atoms with Crippen LogP contribution in [0.2, 0.25) is 0 Å². The number of nitrogens with zero attached hydrogens (tertiary/aromatic N) is 3. The highest BCUT2D eigenvalue weighted by Gasteiger charge is 2.47. The molecule has 3 atom stereocenters. The van der Waals surface area contributed by atoms with Crippen molar-refractivity contribution in [2.75, 3.05) is 26.7 Å². The molecule has 4 heteroatoms. The van der Waals surface area contributed by atoms with E-state index in [1.165, 1.54) is 5.56 Å². The molecule has 4 rings (SSSR count). The highest BCUT2D eigenvalue weighted by Crippen LogP contribution is 2.44. The third kappa shape index (κ3) is 2.61. The van der Waals surface area contributed by atoms with Gasteiger partial charge in [0.2, 0.25) is 0 Å². The summed E-state index contributed by atoms with van der Waals surface area (Å²) in [6.07, 6.45) is 0. The number of likely N-dealkylation sites (tertiary alicyclic amines) is 2. The van der Waals surface area contributed by atoms with Crippen LogP contribution in [0.5, 0.6) is 0 Å². The Hall–Kier alpha value is -2.20. The summed E-state index contributed by atoms with van der Waals surface area (Å²) in [4.78, 5) is 21.6. The first-order valence-electron chi connectivity index (χ1n) is 8.61. The van der Waals surface area contributed by atoms with Crippen LogP contribution >= 0.6 is 0 Å². The molecule has 3 heterocycles. The van der Waals surface area contributed by atoms with Crippen LogP contribution < -0.4 is 0 Å². The highest BCUT2D eigenvalue weighted by atomic mass is 16.2. The molecule has 2 aromatic rings. The molecule has 0 spiro atoms. The first kappa shape index (κ1) is 15.3. The number of pyridine rings is 1. The van der Waals surface area contributed by atoms with E-state index in [2.05, 4.69) is 47.3 Å². The lowest BCUT2D eigenvalue weighted by atomic mass is 9.90. The summed E-state index contributed by atoms with van der Waals surface area (Å²) >= 11 is 0. The maximum Gasteiger partial charge on any atom is 0.272 e. The van der Waals surface area contributed by atoms with Crippen molar-refractivity contribution in [1.82, 2.24) is 14.8 Å². The van der Waals surface area contributed by atoms with Gasteiger partial charge in [-0.2, -0.15) is 0 Å². The van der Waals surface area contributed by atoms with Crippen molar-refractivity contribution in [2.24, 2.45) is 11.8 Å². The molecule has 0 N–H and O–H groups in total. The van der Waals surface area contributed by atoms with E-state index in [9.17, 15) is 4.79 Å². The van der Waals surface area contributed by atoms with Crippen LogP contribution in [0.3, 0.4) is 0 Å². The van der Waals surface area contributed by atoms with Gasteiger partial charge in [0.15, 0.2) is 0 Å². The lowest BCUT2D eigenvalue weighted by molar-refractivity contribution is 0.0762. The zero-order chi connectivity index (χ0) is 16.7. The SMILES string of the molecule is Cc1cccc(C(=O)N2C[C@@H]3CN(C)[C@@H](c4ccccc4)[C@@H]3C2)n1. The summed E-state index contributed by atoms with van der Waals surface area (Å²) in [6, 6.07) is 16.7. The number of hydrogen-bond acceptors (Lipinski definition) is 3. The molecule has 0 radical (unpaired) electrons. The normalized spacial score (nSPS) is 26.6. The van der Waals surface area contributed by atoms with Crippen LogP contribution in [0.4, 0.5) is 0 Å². The number of benzene rings is 1. The van der Waals surface area contributed by atoms with Crippen molar-refractivity contribution in [3.63, 3.8) is 0 Å². The fraction of sp³-hybridized carbons (Fsp3) is 0.400. The summed E-state index contributed by atoms with van der Waals surface area (Å²) in [5, 5.41) is 0. The predicted octanol–water partition coefficient (Wildman–Crippen LogP) is 2.76. The fourth-order valence-corrected chi connectivity index (χ4v) is 4.40. The van der Waals surface area contributed by atoms with E-state index in [0.717, 1.165) is 25.3 Å². The molecule has 1 aromatic carbocycles. The summed E-state index contributed by atoms with van der Waals surface area (Å²) in [7, 11) is 2.20. The second-order valence-corrected chi connectivity index (χ2v) is 7.09. The minimum atomic E-state index is 0.0718. The van der Waals surface area contributed by atoms with E-state index >= 15 is 0 Å². The van der Waals surface area contributed by atoms with E-state index in [0.29, 0.717) is 23.6 Å². The molecule has 2 aliphatic rings. The van der Waals surface area contributed by atoms with Gasteiger partial charge in [-0.25, -0.2) is 4.98 Å². The van der Waals surface area contributed by atoms with Crippen LogP contribution in [0.25, 0.3) is 0 Å². The van der Waals surface area contributed by atoms with Gasteiger partial charge in [-0.3, -0.25) is 9.69 Å². The van der Waals surface area contributed by atoms with E-state index in [1.807, 2.05) is 30.0 Å². The van der Waals surface area contributed by atoms with E-state index in [1.54, 1.807) is 0 Å². The first-order chi connectivity index (χ1) is 11.6. The van der Waals surface area contributed by atoms with Crippen LogP contribution in [0.1, 0.15) is 27.8 Å². The van der Waals surface area contributed by atoms with Gasteiger partial charge in [0.05, 0.1) is 0 Å². The van der Waals surface area contributed by atoms with Gasteiger partial charge in [0.1, 0.15) is 5.69 Å². The summed E-state index contributed by atoms with van der Waals surface area (Å²) < 4.78 is 0. The van der Waals surface area contributed by atoms with Crippen LogP contribution in [-0.2, 0) is 0 Å². The lowest BCUT2D eigenvalue weighted by Gasteiger charge is -2.26. The maximum absolute atomic E-state index is 12.8. The van der Waals surface area contributed by atoms with Gasteiger partial charge < -0.3 is 4.90 Å². The molecule has 2 saturated heterocycles. The molecule has 2 fully saturated rings. The fourth-order valence-electron chi connectivity index (χ4n) is 4.40. The van der Waals surface area contributed by atoms with Crippen molar-refractivity contribution < 1.29 is 4.79 Å². The predicted molar refractivity (Wildman–Crippen MR) is 93.7 cm³/mol. The smallest absolute Gasteiger partial charge is 0.272 e. The Kier molecular flexibility index (Phi) is 3.85. The van der Waals surface area contributed by atoms with Crippen molar-refractivity contribution in [3.05, 3.63) is 65.5 Å². The van der Waals surface area contributed by atoms with Crippen molar-refractivity contribution in [1.29, 1.82) is 0 Å². The maximum atomic E-state index is 12.8. The number of hydrogen-bond donors (Lipinski definition) is 0. The number of fused-ring (bicyclic) bond motifs is 1. The Morgan fingerprint density at radius 2 is 1.83 bits per heavy atom. The molecular formula is C20H23N3O. The Bertz CT molecular complexity index is 746. The first-order valence-corrected chi connectivity index (χ1v) is 8.61. The van der Waals surface area contributed by atoms with E-state index < -0.39 is 0 Å². The molecule has 1 amide bonds. The molecule has 0 bridgehead atoms. The van der Waals surface area contributed by atoms with Gasteiger partial charge in [-0.05, 0) is 37.6 Å². The second-order valence-electron chi connectivity index (χ2n) is 7.09. The lowest BCUT2D eigenvalue weighted by Crippen LogP contribution is -2.33. The summed E-state index contributed by atoms with van der Waals surface area (Å²) in [5.74, 6) is 1.13. The number of aryl methyl sites for hydroxylation is 1. The molecule has 24 heavy (non-hydrogen) atoms. The Morgan fingerprint density at radius 3 is 2.58 bits per heavy atom. The van der Waals surface area contributed by atoms with E-state index in [4.69, 9.17) is 0 Å². The quantitative estimate of drug-likeness (QED) is 0.853. The van der Waals surface area contributed by atoms with Gasteiger partial charge >= 0.3 is 0 Å². The minimum Gasteiger partial charge on any atom is -0.337 e. The average molecular weight is 321 g/mol. The number of carbonyl (C=O) groups is 1. The summed E-state index contributed by atoms with van der Waals surface area (Å²) in [6.45, 7) is 4.64. The van der Waals surface area contributed by atoms with Gasteiger partial charge in [-0.1, -0.05) is 36.4 Å². The third-order valence-electron chi connectivity index (χ3n) is 5.43. The molecule has 0 unspecified atom stereocenters. The molecule has 2 aliphatic heterocycles. The van der Waals surface area contributed by atoms with Crippen molar-refractivity contribution in [2.45, 2.75) is 13.0 Å². The van der Waals surface area contributed by atoms with Crippen molar-refractivity contribution in [3.8, 4) is 0 Å². The monoisotopic (exact) mass is 321 g/mol. The van der Waals surface area contributed by atoms with Crippen LogP contribution in [0.15, 0.2) is 48.5 Å². The van der Waals surface area contributed by atoms with Gasteiger partial charge in [0.25, 0.3) is 5.91 Å². The number of aromatic nitrogens is 1. The third-order valence-corrected chi connectivity index (χ3v) is 5.43. The largest absolute Gasteiger partial charge is 0.337 e. The van der Waals surface area contributed by atoms with Crippen LogP contribution in [-0.4, -0.2) is 47.4 Å². The zero-order valence-corrected chi connectivity index (χ0v) is 14.2. The molecular weight excluding hydrogens is 298 g/mol. The zero-order valence-electron chi connectivity index (χ0n) is 14.2. The molecule has 0 saturated carbocycles. The highest BCUT2D eigenvalue weighted by molar-refractivity contribution is 5.92.